The molecular weight excluding hydrogens is 165 g/mol. The number of hydrogen-bond acceptors (Lipinski definition) is 3. The van der Waals surface area contributed by atoms with E-state index >= 15 is 0 Å². The number of hydrogen-bond donors (Lipinski definition) is 2. The lowest BCUT2D eigenvalue weighted by molar-refractivity contribution is 0.425. The summed E-state index contributed by atoms with van der Waals surface area (Å²) in [4.78, 5) is 3.87. The molecular formula is C9H10BNO2. The van der Waals surface area contributed by atoms with Gasteiger partial charge in [-0.15, -0.1) is 5.92 Å². The third-order valence-corrected chi connectivity index (χ3v) is 1.58. The van der Waals surface area contributed by atoms with Gasteiger partial charge in [0.1, 0.15) is 0 Å². The summed E-state index contributed by atoms with van der Waals surface area (Å²) in [6, 6.07) is 1.68. The first-order chi connectivity index (χ1) is 6.24. The molecule has 0 bridgehead atoms. The lowest BCUT2D eigenvalue weighted by Crippen LogP contribution is -2.30. The van der Waals surface area contributed by atoms with Crippen LogP contribution in [0.1, 0.15) is 12.5 Å². The molecule has 1 rings (SSSR count). The molecule has 13 heavy (non-hydrogen) atoms. The fourth-order valence-corrected chi connectivity index (χ4v) is 0.936. The summed E-state index contributed by atoms with van der Waals surface area (Å²) in [6.45, 7) is 1.76. The van der Waals surface area contributed by atoms with Gasteiger partial charge in [0.2, 0.25) is 0 Å². The molecule has 1 heterocycles. The molecule has 0 saturated heterocycles. The van der Waals surface area contributed by atoms with Crippen molar-refractivity contribution in [3.8, 4) is 11.8 Å². The Labute approximate surface area is 77.6 Å². The van der Waals surface area contributed by atoms with E-state index in [-0.39, 0.29) is 0 Å². The second-order valence-electron chi connectivity index (χ2n) is 2.60. The van der Waals surface area contributed by atoms with Crippen molar-refractivity contribution < 1.29 is 10.0 Å². The fourth-order valence-electron chi connectivity index (χ4n) is 0.936. The predicted octanol–water partition coefficient (Wildman–Crippen LogP) is -0.673. The van der Waals surface area contributed by atoms with E-state index in [1.807, 2.05) is 0 Å². The quantitative estimate of drug-likeness (QED) is 0.462. The van der Waals surface area contributed by atoms with Gasteiger partial charge in [0.05, 0.1) is 0 Å². The number of pyridine rings is 1. The largest absolute Gasteiger partial charge is 0.490 e. The summed E-state index contributed by atoms with van der Waals surface area (Å²) in [5.74, 6) is 5.64. The summed E-state index contributed by atoms with van der Waals surface area (Å²) < 4.78 is 0. The molecule has 1 aromatic rings. The van der Waals surface area contributed by atoms with Gasteiger partial charge < -0.3 is 10.0 Å². The highest BCUT2D eigenvalue weighted by Gasteiger charge is 2.10. The average molecular weight is 175 g/mol. The Balaban J connectivity index is 2.83. The highest BCUT2D eigenvalue weighted by molar-refractivity contribution is 6.58. The van der Waals surface area contributed by atoms with E-state index in [2.05, 4.69) is 16.8 Å². The van der Waals surface area contributed by atoms with Gasteiger partial charge in [-0.3, -0.25) is 4.98 Å². The Morgan fingerprint density at radius 2 is 2.23 bits per heavy atom. The van der Waals surface area contributed by atoms with Crippen LogP contribution in [0.3, 0.4) is 0 Å². The first kappa shape index (κ1) is 9.78. The zero-order valence-corrected chi connectivity index (χ0v) is 7.36. The van der Waals surface area contributed by atoms with Crippen molar-refractivity contribution in [2.75, 3.05) is 0 Å². The van der Waals surface area contributed by atoms with Crippen LogP contribution >= 0.6 is 0 Å². The van der Waals surface area contributed by atoms with Crippen LogP contribution in [0, 0.1) is 11.8 Å². The average Bonchev–Trinajstić information content (AvgIpc) is 2.15. The second-order valence-corrected chi connectivity index (χ2v) is 2.60. The molecule has 0 spiro atoms. The van der Waals surface area contributed by atoms with Gasteiger partial charge in [-0.1, -0.05) is 12.0 Å². The van der Waals surface area contributed by atoms with E-state index in [0.29, 0.717) is 11.9 Å². The molecule has 4 heteroatoms. The van der Waals surface area contributed by atoms with Gasteiger partial charge in [-0.2, -0.15) is 0 Å². The van der Waals surface area contributed by atoms with Crippen LogP contribution in [0.15, 0.2) is 18.5 Å². The lowest BCUT2D eigenvalue weighted by Gasteiger charge is -1.99. The summed E-state index contributed by atoms with van der Waals surface area (Å²) in [6.07, 6.45) is 3.67. The van der Waals surface area contributed by atoms with Gasteiger partial charge in [-0.05, 0) is 12.5 Å². The maximum absolute atomic E-state index is 8.85. The Kier molecular flexibility index (Phi) is 3.50. The third kappa shape index (κ3) is 2.90. The van der Waals surface area contributed by atoms with Crippen LogP contribution < -0.4 is 5.46 Å². The normalized spacial score (nSPS) is 8.85. The van der Waals surface area contributed by atoms with Crippen LogP contribution in [-0.4, -0.2) is 22.2 Å². The Hall–Kier alpha value is -1.31. The van der Waals surface area contributed by atoms with E-state index < -0.39 is 7.12 Å². The third-order valence-electron chi connectivity index (χ3n) is 1.58. The van der Waals surface area contributed by atoms with Crippen molar-refractivity contribution in [2.45, 2.75) is 13.3 Å². The van der Waals surface area contributed by atoms with Crippen LogP contribution in [-0.2, 0) is 6.42 Å². The SMILES string of the molecule is CC#CCc1cncc(B(O)O)c1. The molecule has 0 amide bonds. The van der Waals surface area contributed by atoms with E-state index in [4.69, 9.17) is 10.0 Å². The van der Waals surface area contributed by atoms with Crippen molar-refractivity contribution in [3.05, 3.63) is 24.0 Å². The van der Waals surface area contributed by atoms with Crippen LogP contribution in [0.5, 0.6) is 0 Å². The molecule has 0 unspecified atom stereocenters. The monoisotopic (exact) mass is 175 g/mol. The minimum Gasteiger partial charge on any atom is -0.423 e. The highest BCUT2D eigenvalue weighted by atomic mass is 16.4. The molecule has 2 N–H and O–H groups in total. The van der Waals surface area contributed by atoms with Crippen LogP contribution in [0.2, 0.25) is 0 Å². The van der Waals surface area contributed by atoms with Gasteiger partial charge >= 0.3 is 7.12 Å². The molecule has 0 fully saturated rings. The van der Waals surface area contributed by atoms with E-state index in [9.17, 15) is 0 Å². The van der Waals surface area contributed by atoms with Crippen LogP contribution in [0.25, 0.3) is 0 Å². The first-order valence-electron chi connectivity index (χ1n) is 3.93. The zero-order chi connectivity index (χ0) is 9.68. The minimum absolute atomic E-state index is 0.399. The van der Waals surface area contributed by atoms with E-state index in [0.717, 1.165) is 5.56 Å². The molecule has 0 radical (unpaired) electrons. The lowest BCUT2D eigenvalue weighted by atomic mass is 9.81. The Morgan fingerprint density at radius 1 is 1.46 bits per heavy atom. The topological polar surface area (TPSA) is 53.4 Å². The minimum atomic E-state index is -1.46. The molecule has 0 aromatic carbocycles. The second kappa shape index (κ2) is 4.66. The smallest absolute Gasteiger partial charge is 0.423 e. The molecule has 1 aromatic heterocycles. The number of aromatic nitrogens is 1. The summed E-state index contributed by atoms with van der Waals surface area (Å²) in [5.41, 5.74) is 1.29. The van der Waals surface area contributed by atoms with Crippen molar-refractivity contribution in [2.24, 2.45) is 0 Å². The molecule has 0 saturated carbocycles. The van der Waals surface area contributed by atoms with E-state index in [1.54, 1.807) is 19.2 Å². The molecule has 0 aliphatic heterocycles. The van der Waals surface area contributed by atoms with Crippen molar-refractivity contribution in [1.29, 1.82) is 0 Å². The standard InChI is InChI=1S/C9H10BNO2/c1-2-3-4-8-5-9(10(12)13)7-11-6-8/h5-7,12-13H,4H2,1H3. The molecule has 3 nitrogen and oxygen atoms in total. The van der Waals surface area contributed by atoms with Gasteiger partial charge in [0.15, 0.2) is 0 Å². The molecule has 0 aliphatic rings. The Morgan fingerprint density at radius 3 is 2.85 bits per heavy atom. The van der Waals surface area contributed by atoms with Crippen LogP contribution in [0.4, 0.5) is 0 Å². The van der Waals surface area contributed by atoms with Crippen molar-refractivity contribution in [1.82, 2.24) is 4.98 Å². The first-order valence-corrected chi connectivity index (χ1v) is 3.93. The molecule has 0 aliphatic carbocycles. The highest BCUT2D eigenvalue weighted by Crippen LogP contribution is 1.94. The zero-order valence-electron chi connectivity index (χ0n) is 7.36. The van der Waals surface area contributed by atoms with Crippen molar-refractivity contribution >= 4 is 12.6 Å². The van der Waals surface area contributed by atoms with Gasteiger partial charge in [0.25, 0.3) is 0 Å². The van der Waals surface area contributed by atoms with E-state index in [1.165, 1.54) is 6.20 Å². The van der Waals surface area contributed by atoms with Crippen molar-refractivity contribution in [3.63, 3.8) is 0 Å². The number of rotatable bonds is 2. The fraction of sp³-hybridized carbons (Fsp3) is 0.222. The summed E-state index contributed by atoms with van der Waals surface area (Å²) in [5, 5.41) is 17.7. The number of nitrogens with zero attached hydrogens (tertiary/aromatic N) is 1. The molecule has 66 valence electrons. The Bertz CT molecular complexity index is 341. The van der Waals surface area contributed by atoms with Gasteiger partial charge in [0, 0.05) is 24.3 Å². The van der Waals surface area contributed by atoms with Gasteiger partial charge in [-0.25, -0.2) is 0 Å². The maximum atomic E-state index is 8.85. The predicted molar refractivity (Wildman–Crippen MR) is 51.2 cm³/mol. The maximum Gasteiger partial charge on any atom is 0.490 e. The molecule has 0 atom stereocenters. The summed E-state index contributed by atoms with van der Waals surface area (Å²) >= 11 is 0. The summed E-state index contributed by atoms with van der Waals surface area (Å²) in [7, 11) is -1.46.